The van der Waals surface area contributed by atoms with Gasteiger partial charge in [-0.25, -0.2) is 0 Å². The highest BCUT2D eigenvalue weighted by Gasteiger charge is 2.18. The SMILES string of the molecule is CC[C@H](NC(=O)c1ccccc1CCc1ccccc1)c1ccc(OC)c(OC)c1. The van der Waals surface area contributed by atoms with Gasteiger partial charge in [0.2, 0.25) is 0 Å². The number of amides is 1. The fourth-order valence-electron chi connectivity index (χ4n) is 3.61. The van der Waals surface area contributed by atoms with E-state index in [1.807, 2.05) is 60.7 Å². The van der Waals surface area contributed by atoms with Crippen molar-refractivity contribution in [2.24, 2.45) is 0 Å². The van der Waals surface area contributed by atoms with Crippen molar-refractivity contribution in [2.45, 2.75) is 32.2 Å². The molecule has 0 heterocycles. The van der Waals surface area contributed by atoms with Crippen molar-refractivity contribution in [1.82, 2.24) is 5.32 Å². The predicted molar refractivity (Wildman–Crippen MR) is 120 cm³/mol. The van der Waals surface area contributed by atoms with Crippen molar-refractivity contribution < 1.29 is 14.3 Å². The van der Waals surface area contributed by atoms with Crippen LogP contribution in [0, 0.1) is 0 Å². The highest BCUT2D eigenvalue weighted by atomic mass is 16.5. The zero-order valence-electron chi connectivity index (χ0n) is 17.9. The van der Waals surface area contributed by atoms with E-state index in [4.69, 9.17) is 9.47 Å². The molecule has 4 nitrogen and oxygen atoms in total. The summed E-state index contributed by atoms with van der Waals surface area (Å²) in [7, 11) is 3.23. The molecule has 0 aliphatic rings. The maximum atomic E-state index is 13.1. The largest absolute Gasteiger partial charge is 0.493 e. The summed E-state index contributed by atoms with van der Waals surface area (Å²) in [4.78, 5) is 13.1. The zero-order chi connectivity index (χ0) is 21.3. The molecule has 0 aliphatic carbocycles. The number of nitrogens with one attached hydrogen (secondary N) is 1. The molecule has 0 spiro atoms. The van der Waals surface area contributed by atoms with Crippen LogP contribution in [0.25, 0.3) is 0 Å². The summed E-state index contributed by atoms with van der Waals surface area (Å²) < 4.78 is 10.7. The lowest BCUT2D eigenvalue weighted by Gasteiger charge is -2.20. The van der Waals surface area contributed by atoms with Crippen LogP contribution in [-0.2, 0) is 12.8 Å². The fourth-order valence-corrected chi connectivity index (χ4v) is 3.61. The summed E-state index contributed by atoms with van der Waals surface area (Å²) in [5.41, 5.74) is 4.04. The van der Waals surface area contributed by atoms with E-state index < -0.39 is 0 Å². The Morgan fingerprint density at radius 3 is 2.27 bits per heavy atom. The predicted octanol–water partition coefficient (Wildman–Crippen LogP) is 5.37. The first kappa shape index (κ1) is 21.4. The van der Waals surface area contributed by atoms with E-state index >= 15 is 0 Å². The quantitative estimate of drug-likeness (QED) is 0.522. The number of methoxy groups -OCH3 is 2. The molecule has 0 unspecified atom stereocenters. The van der Waals surface area contributed by atoms with Crippen molar-refractivity contribution in [3.05, 3.63) is 95.1 Å². The van der Waals surface area contributed by atoms with Gasteiger partial charge in [0.25, 0.3) is 5.91 Å². The molecular formula is C26H29NO3. The molecule has 1 amide bonds. The fraction of sp³-hybridized carbons (Fsp3) is 0.269. The lowest BCUT2D eigenvalue weighted by atomic mass is 9.98. The number of aryl methyl sites for hydroxylation is 2. The Morgan fingerprint density at radius 1 is 0.867 bits per heavy atom. The minimum atomic E-state index is -0.112. The summed E-state index contributed by atoms with van der Waals surface area (Å²) in [5.74, 6) is 1.28. The minimum absolute atomic E-state index is 0.0553. The van der Waals surface area contributed by atoms with E-state index in [-0.39, 0.29) is 11.9 Å². The first-order valence-corrected chi connectivity index (χ1v) is 10.3. The van der Waals surface area contributed by atoms with Crippen LogP contribution in [0.5, 0.6) is 11.5 Å². The topological polar surface area (TPSA) is 47.6 Å². The number of carbonyl (C=O) groups is 1. The van der Waals surface area contributed by atoms with Crippen LogP contribution in [-0.4, -0.2) is 20.1 Å². The Bertz CT molecular complexity index is 969. The first-order valence-electron chi connectivity index (χ1n) is 10.3. The Hall–Kier alpha value is -3.27. The Kier molecular flexibility index (Phi) is 7.50. The maximum absolute atomic E-state index is 13.1. The molecular weight excluding hydrogens is 374 g/mol. The number of carbonyl (C=O) groups excluding carboxylic acids is 1. The summed E-state index contributed by atoms with van der Waals surface area (Å²) in [6.45, 7) is 2.06. The first-order chi connectivity index (χ1) is 14.7. The summed E-state index contributed by atoms with van der Waals surface area (Å²) in [5, 5.41) is 3.19. The third kappa shape index (κ3) is 5.20. The van der Waals surface area contributed by atoms with E-state index in [9.17, 15) is 4.79 Å². The monoisotopic (exact) mass is 403 g/mol. The van der Waals surface area contributed by atoms with Crippen LogP contribution in [0.3, 0.4) is 0 Å². The van der Waals surface area contributed by atoms with E-state index in [2.05, 4.69) is 24.4 Å². The summed E-state index contributed by atoms with van der Waals surface area (Å²) in [6.07, 6.45) is 2.49. The second-order valence-corrected chi connectivity index (χ2v) is 7.19. The normalized spacial score (nSPS) is 11.6. The molecule has 0 fully saturated rings. The number of hydrogen-bond donors (Lipinski definition) is 1. The van der Waals surface area contributed by atoms with Crippen LogP contribution >= 0.6 is 0 Å². The van der Waals surface area contributed by atoms with Gasteiger partial charge >= 0.3 is 0 Å². The van der Waals surface area contributed by atoms with E-state index in [0.717, 1.165) is 36.0 Å². The van der Waals surface area contributed by atoms with Gasteiger partial charge in [0.15, 0.2) is 11.5 Å². The number of rotatable bonds is 9. The average Bonchev–Trinajstić information content (AvgIpc) is 2.81. The molecule has 1 N–H and O–H groups in total. The molecule has 0 aliphatic heterocycles. The van der Waals surface area contributed by atoms with Gasteiger partial charge in [0.1, 0.15) is 0 Å². The van der Waals surface area contributed by atoms with Crippen LogP contribution in [0.1, 0.15) is 46.4 Å². The standard InChI is InChI=1S/C26H29NO3/c1-4-23(21-16-17-24(29-2)25(18-21)30-3)27-26(28)22-13-9-8-12-20(22)15-14-19-10-6-5-7-11-19/h5-13,16-18,23H,4,14-15H2,1-3H3,(H,27,28)/t23-/m0/s1. The van der Waals surface area contributed by atoms with Gasteiger partial charge in [-0.15, -0.1) is 0 Å². The van der Waals surface area contributed by atoms with Gasteiger partial charge < -0.3 is 14.8 Å². The van der Waals surface area contributed by atoms with Crippen molar-refractivity contribution in [2.75, 3.05) is 14.2 Å². The molecule has 3 aromatic carbocycles. The van der Waals surface area contributed by atoms with Gasteiger partial charge in [0, 0.05) is 5.56 Å². The van der Waals surface area contributed by atoms with Crippen molar-refractivity contribution in [1.29, 1.82) is 0 Å². The lowest BCUT2D eigenvalue weighted by molar-refractivity contribution is 0.0934. The molecule has 156 valence electrons. The van der Waals surface area contributed by atoms with E-state index in [1.54, 1.807) is 14.2 Å². The zero-order valence-corrected chi connectivity index (χ0v) is 17.9. The number of hydrogen-bond acceptors (Lipinski definition) is 3. The van der Waals surface area contributed by atoms with Crippen LogP contribution < -0.4 is 14.8 Å². The summed E-state index contributed by atoms with van der Waals surface area (Å²) in [6, 6.07) is 23.8. The third-order valence-corrected chi connectivity index (χ3v) is 5.31. The van der Waals surface area contributed by atoms with Gasteiger partial charge in [-0.2, -0.15) is 0 Å². The molecule has 0 bridgehead atoms. The molecule has 1 atom stereocenters. The van der Waals surface area contributed by atoms with Gasteiger partial charge in [0.05, 0.1) is 20.3 Å². The number of ether oxygens (including phenoxy) is 2. The summed E-state index contributed by atoms with van der Waals surface area (Å²) >= 11 is 0. The van der Waals surface area contributed by atoms with Gasteiger partial charge in [-0.3, -0.25) is 4.79 Å². The second kappa shape index (κ2) is 10.5. The van der Waals surface area contributed by atoms with Crippen LogP contribution in [0.15, 0.2) is 72.8 Å². The van der Waals surface area contributed by atoms with Gasteiger partial charge in [-0.05, 0) is 54.2 Å². The van der Waals surface area contributed by atoms with Crippen molar-refractivity contribution in [3.63, 3.8) is 0 Å². The lowest BCUT2D eigenvalue weighted by Crippen LogP contribution is -2.29. The molecule has 0 aromatic heterocycles. The third-order valence-electron chi connectivity index (χ3n) is 5.31. The molecule has 0 saturated heterocycles. The smallest absolute Gasteiger partial charge is 0.252 e. The average molecular weight is 404 g/mol. The highest BCUT2D eigenvalue weighted by molar-refractivity contribution is 5.96. The molecule has 3 rings (SSSR count). The molecule has 3 aromatic rings. The van der Waals surface area contributed by atoms with E-state index in [0.29, 0.717) is 11.5 Å². The molecule has 0 radical (unpaired) electrons. The Morgan fingerprint density at radius 2 is 1.57 bits per heavy atom. The van der Waals surface area contributed by atoms with Gasteiger partial charge in [-0.1, -0.05) is 61.5 Å². The van der Waals surface area contributed by atoms with Crippen molar-refractivity contribution in [3.8, 4) is 11.5 Å². The van der Waals surface area contributed by atoms with E-state index in [1.165, 1.54) is 5.56 Å². The Balaban J connectivity index is 1.76. The van der Waals surface area contributed by atoms with Crippen LogP contribution in [0.4, 0.5) is 0 Å². The second-order valence-electron chi connectivity index (χ2n) is 7.19. The highest BCUT2D eigenvalue weighted by Crippen LogP contribution is 2.31. The number of benzene rings is 3. The minimum Gasteiger partial charge on any atom is -0.493 e. The molecule has 4 heteroatoms. The Labute approximate surface area is 178 Å². The molecule has 30 heavy (non-hydrogen) atoms. The maximum Gasteiger partial charge on any atom is 0.252 e. The molecule has 0 saturated carbocycles. The van der Waals surface area contributed by atoms with Crippen LogP contribution in [0.2, 0.25) is 0 Å². The van der Waals surface area contributed by atoms with Crippen molar-refractivity contribution >= 4 is 5.91 Å².